The van der Waals surface area contributed by atoms with Gasteiger partial charge in [0.1, 0.15) is 0 Å². The topological polar surface area (TPSA) is 75.8 Å². The van der Waals surface area contributed by atoms with E-state index < -0.39 is 4.92 Å². The number of nitrogens with zero attached hydrogens (tertiary/aromatic N) is 3. The van der Waals surface area contributed by atoms with Crippen LogP contribution >= 0.6 is 27.7 Å². The Bertz CT molecular complexity index is 855. The Morgan fingerprint density at radius 2 is 2.04 bits per heavy atom. The van der Waals surface area contributed by atoms with E-state index in [-0.39, 0.29) is 18.0 Å². The molecule has 6 nitrogen and oxygen atoms in total. The zero-order chi connectivity index (χ0) is 18.5. The van der Waals surface area contributed by atoms with Gasteiger partial charge in [0.05, 0.1) is 11.5 Å². The van der Waals surface area contributed by atoms with Crippen molar-refractivity contribution in [2.45, 2.75) is 6.42 Å². The minimum Gasteiger partial charge on any atom is -0.313 e. The van der Waals surface area contributed by atoms with Crippen molar-refractivity contribution in [3.63, 3.8) is 0 Å². The summed E-state index contributed by atoms with van der Waals surface area (Å²) in [5.41, 5.74) is 1.10. The summed E-state index contributed by atoms with van der Waals surface area (Å²) in [6.07, 6.45) is 1.02. The lowest BCUT2D eigenvalue weighted by Crippen LogP contribution is -2.35. The van der Waals surface area contributed by atoms with E-state index in [1.165, 1.54) is 18.2 Å². The molecule has 1 aliphatic heterocycles. The van der Waals surface area contributed by atoms with Crippen molar-refractivity contribution >= 4 is 50.0 Å². The number of amidine groups is 1. The molecule has 0 saturated carbocycles. The number of halogens is 1. The number of aliphatic imine (C=N–C) groups is 1. The number of rotatable bonds is 5. The summed E-state index contributed by atoms with van der Waals surface area (Å²) in [5, 5.41) is 11.8. The third kappa shape index (κ3) is 4.50. The third-order valence-electron chi connectivity index (χ3n) is 3.83. The van der Waals surface area contributed by atoms with Crippen LogP contribution < -0.4 is 4.90 Å². The van der Waals surface area contributed by atoms with E-state index >= 15 is 0 Å². The molecule has 0 aromatic heterocycles. The Morgan fingerprint density at radius 3 is 2.69 bits per heavy atom. The number of carbonyl (C=O) groups is 1. The number of hydrogen-bond acceptors (Lipinski definition) is 6. The molecule has 0 aliphatic carbocycles. The quantitative estimate of drug-likeness (QED) is 0.392. The molecule has 0 N–H and O–H groups in total. The zero-order valence-corrected chi connectivity index (χ0v) is 16.2. The number of anilines is 1. The molecule has 1 heterocycles. The highest BCUT2D eigenvalue weighted by atomic mass is 79.9. The fourth-order valence-electron chi connectivity index (χ4n) is 2.53. The summed E-state index contributed by atoms with van der Waals surface area (Å²) < 4.78 is 0.949. The molecular formula is C18H16BrN3O3S. The zero-order valence-electron chi connectivity index (χ0n) is 13.8. The first-order valence-corrected chi connectivity index (χ1v) is 9.80. The summed E-state index contributed by atoms with van der Waals surface area (Å²) in [7, 11) is 0. The fourth-order valence-corrected chi connectivity index (χ4v) is 3.76. The van der Waals surface area contributed by atoms with Crippen LogP contribution in [0.5, 0.6) is 0 Å². The maximum Gasteiger partial charge on any atom is 0.270 e. The van der Waals surface area contributed by atoms with Crippen molar-refractivity contribution in [2.24, 2.45) is 4.99 Å². The Hall–Kier alpha value is -2.19. The molecule has 0 unspecified atom stereocenters. The van der Waals surface area contributed by atoms with Gasteiger partial charge in [0, 0.05) is 40.2 Å². The highest BCUT2D eigenvalue weighted by molar-refractivity contribution is 9.10. The number of thioether (sulfide) groups is 1. The second kappa shape index (κ2) is 8.46. The summed E-state index contributed by atoms with van der Waals surface area (Å²) in [5.74, 6) is 0.766. The molecule has 0 bridgehead atoms. The van der Waals surface area contributed by atoms with Gasteiger partial charge in [-0.05, 0) is 30.7 Å². The van der Waals surface area contributed by atoms with E-state index in [2.05, 4.69) is 20.9 Å². The number of benzene rings is 2. The number of non-ortho nitro benzene ring substituents is 1. The Labute approximate surface area is 163 Å². The lowest BCUT2D eigenvalue weighted by molar-refractivity contribution is -0.384. The minimum absolute atomic E-state index is 0.0780. The van der Waals surface area contributed by atoms with Crippen LogP contribution in [-0.2, 0) is 0 Å². The van der Waals surface area contributed by atoms with E-state index in [1.54, 1.807) is 17.8 Å². The van der Waals surface area contributed by atoms with Crippen LogP contribution in [0, 0.1) is 10.1 Å². The molecule has 1 aliphatic rings. The van der Waals surface area contributed by atoms with Gasteiger partial charge in [-0.2, -0.15) is 0 Å². The molecular weight excluding hydrogens is 418 g/mol. The minimum atomic E-state index is -0.496. The lowest BCUT2D eigenvalue weighted by atomic mass is 10.1. The molecule has 0 fully saturated rings. The SMILES string of the molecule is O=C(CN(C1=NCCCS1)c1ccc(Br)cc1)c1cccc([N+](=O)[O-])c1. The molecule has 0 spiro atoms. The van der Waals surface area contributed by atoms with Crippen molar-refractivity contribution in [1.82, 2.24) is 0 Å². The second-order valence-electron chi connectivity index (χ2n) is 5.66. The van der Waals surface area contributed by atoms with Crippen molar-refractivity contribution in [2.75, 3.05) is 23.7 Å². The van der Waals surface area contributed by atoms with Gasteiger partial charge < -0.3 is 4.90 Å². The Morgan fingerprint density at radius 1 is 1.27 bits per heavy atom. The lowest BCUT2D eigenvalue weighted by Gasteiger charge is -2.27. The average Bonchev–Trinajstić information content (AvgIpc) is 2.67. The highest BCUT2D eigenvalue weighted by Crippen LogP contribution is 2.25. The molecule has 3 rings (SSSR count). The van der Waals surface area contributed by atoms with Crippen LogP contribution in [0.15, 0.2) is 58.0 Å². The number of hydrogen-bond donors (Lipinski definition) is 0. The van der Waals surface area contributed by atoms with E-state index in [0.29, 0.717) is 5.56 Å². The fraction of sp³-hybridized carbons (Fsp3) is 0.222. The van der Waals surface area contributed by atoms with E-state index in [1.807, 2.05) is 29.2 Å². The third-order valence-corrected chi connectivity index (χ3v) is 5.46. The molecule has 0 radical (unpaired) electrons. The highest BCUT2D eigenvalue weighted by Gasteiger charge is 2.21. The van der Waals surface area contributed by atoms with Gasteiger partial charge in [0.2, 0.25) is 0 Å². The summed E-state index contributed by atoms with van der Waals surface area (Å²) in [4.78, 5) is 29.7. The second-order valence-corrected chi connectivity index (χ2v) is 7.64. The van der Waals surface area contributed by atoms with Gasteiger partial charge in [0.15, 0.2) is 11.0 Å². The Balaban J connectivity index is 1.88. The predicted molar refractivity (Wildman–Crippen MR) is 108 cm³/mol. The van der Waals surface area contributed by atoms with Crippen LogP contribution in [0.3, 0.4) is 0 Å². The molecule has 0 amide bonds. The van der Waals surface area contributed by atoms with E-state index in [9.17, 15) is 14.9 Å². The molecule has 0 saturated heterocycles. The normalized spacial score (nSPS) is 13.8. The predicted octanol–water partition coefficient (Wildman–Crippen LogP) is 4.54. The van der Waals surface area contributed by atoms with Crippen LogP contribution in [0.25, 0.3) is 0 Å². The molecule has 134 valence electrons. The number of carbonyl (C=O) groups excluding carboxylic acids is 1. The molecule has 2 aromatic rings. The standard InChI is InChI=1S/C18H16BrN3O3S/c19-14-5-7-15(8-6-14)21(18-20-9-2-10-26-18)12-17(23)13-3-1-4-16(11-13)22(24)25/h1,3-8,11H,2,9-10,12H2. The van der Waals surface area contributed by atoms with Gasteiger partial charge >= 0.3 is 0 Å². The van der Waals surface area contributed by atoms with E-state index in [4.69, 9.17) is 0 Å². The van der Waals surface area contributed by atoms with Gasteiger partial charge in [-0.1, -0.05) is 39.8 Å². The van der Waals surface area contributed by atoms with Gasteiger partial charge in [0.25, 0.3) is 5.69 Å². The molecule has 2 aromatic carbocycles. The maximum absolute atomic E-state index is 12.8. The average molecular weight is 434 g/mol. The van der Waals surface area contributed by atoms with Gasteiger partial charge in [-0.3, -0.25) is 19.9 Å². The van der Waals surface area contributed by atoms with E-state index in [0.717, 1.165) is 34.0 Å². The number of nitro groups is 1. The van der Waals surface area contributed by atoms with Crippen LogP contribution in [-0.4, -0.2) is 34.7 Å². The summed E-state index contributed by atoms with van der Waals surface area (Å²) in [6.45, 7) is 0.814. The van der Waals surface area contributed by atoms with Crippen molar-refractivity contribution < 1.29 is 9.72 Å². The van der Waals surface area contributed by atoms with Crippen LogP contribution in [0.2, 0.25) is 0 Å². The smallest absolute Gasteiger partial charge is 0.270 e. The molecule has 0 atom stereocenters. The van der Waals surface area contributed by atoms with Gasteiger partial charge in [-0.15, -0.1) is 0 Å². The Kier molecular flexibility index (Phi) is 6.05. The van der Waals surface area contributed by atoms with Crippen LogP contribution in [0.4, 0.5) is 11.4 Å². The number of nitro benzene ring substituents is 1. The summed E-state index contributed by atoms with van der Waals surface area (Å²) in [6, 6.07) is 13.5. The molecule has 26 heavy (non-hydrogen) atoms. The number of ketones is 1. The van der Waals surface area contributed by atoms with Crippen LogP contribution in [0.1, 0.15) is 16.8 Å². The largest absolute Gasteiger partial charge is 0.313 e. The van der Waals surface area contributed by atoms with Crippen molar-refractivity contribution in [3.05, 3.63) is 68.7 Å². The van der Waals surface area contributed by atoms with Crippen molar-refractivity contribution in [1.29, 1.82) is 0 Å². The number of Topliss-reactive ketones (excluding diaryl/α,β-unsaturated/α-hetero) is 1. The molecule has 8 heteroatoms. The summed E-state index contributed by atoms with van der Waals surface area (Å²) >= 11 is 5.03. The first kappa shape index (κ1) is 18.6. The monoisotopic (exact) mass is 433 g/mol. The van der Waals surface area contributed by atoms with Gasteiger partial charge in [-0.25, -0.2) is 0 Å². The first-order chi connectivity index (χ1) is 12.5. The maximum atomic E-state index is 12.8. The van der Waals surface area contributed by atoms with Crippen molar-refractivity contribution in [3.8, 4) is 0 Å². The first-order valence-electron chi connectivity index (χ1n) is 8.02.